The molecular formula is C26H44O5S. The van der Waals surface area contributed by atoms with E-state index >= 15 is 0 Å². The number of hydrogen-bond donors (Lipinski definition) is 3. The van der Waals surface area contributed by atoms with Crippen LogP contribution in [0.4, 0.5) is 0 Å². The van der Waals surface area contributed by atoms with Gasteiger partial charge >= 0.3 is 5.97 Å². The summed E-state index contributed by atoms with van der Waals surface area (Å²) in [4.78, 5) is 10.7. The molecule has 184 valence electrons. The first-order valence-corrected chi connectivity index (χ1v) is 13.8. The molecule has 3 N–H and O–H groups in total. The van der Waals surface area contributed by atoms with Crippen molar-refractivity contribution >= 4 is 17.7 Å². The van der Waals surface area contributed by atoms with E-state index in [1.54, 1.807) is 0 Å². The lowest BCUT2D eigenvalue weighted by Gasteiger charge is -2.41. The van der Waals surface area contributed by atoms with E-state index in [1.807, 2.05) is 12.2 Å². The highest BCUT2D eigenvalue weighted by Gasteiger charge is 2.46. The molecule has 5 nitrogen and oxygen atoms in total. The summed E-state index contributed by atoms with van der Waals surface area (Å²) in [5.74, 6) is 2.75. The normalized spacial score (nSPS) is 38.4. The zero-order valence-electron chi connectivity index (χ0n) is 20.1. The van der Waals surface area contributed by atoms with Gasteiger partial charge < -0.3 is 20.1 Å². The monoisotopic (exact) mass is 468 g/mol. The molecule has 0 spiro atoms. The van der Waals surface area contributed by atoms with Crippen LogP contribution in [-0.4, -0.2) is 57.7 Å². The molecule has 0 amide bonds. The van der Waals surface area contributed by atoms with Crippen molar-refractivity contribution in [3.8, 4) is 0 Å². The molecule has 3 rings (SSSR count). The highest BCUT2D eigenvalue weighted by molar-refractivity contribution is 7.99. The van der Waals surface area contributed by atoms with E-state index in [1.165, 1.54) is 24.6 Å². The average Bonchev–Trinajstić information content (AvgIpc) is 3.24. The van der Waals surface area contributed by atoms with Gasteiger partial charge in [0.1, 0.15) is 0 Å². The predicted octanol–water partition coefficient (Wildman–Crippen LogP) is 4.76. The average molecular weight is 469 g/mol. The van der Waals surface area contributed by atoms with Crippen molar-refractivity contribution in [1.29, 1.82) is 0 Å². The first-order chi connectivity index (χ1) is 15.2. The predicted molar refractivity (Wildman–Crippen MR) is 130 cm³/mol. The molecule has 8 atom stereocenters. The fraction of sp³-hybridized carbons (Fsp3) is 0.885. The molecule has 0 aliphatic heterocycles. The van der Waals surface area contributed by atoms with Gasteiger partial charge in [-0.25, -0.2) is 0 Å². The second-order valence-corrected chi connectivity index (χ2v) is 12.3. The Morgan fingerprint density at radius 3 is 2.78 bits per heavy atom. The molecule has 3 aliphatic rings. The molecule has 3 aliphatic carbocycles. The van der Waals surface area contributed by atoms with Crippen molar-refractivity contribution in [2.45, 2.75) is 90.4 Å². The van der Waals surface area contributed by atoms with Crippen LogP contribution in [0.2, 0.25) is 0 Å². The molecule has 6 heteroatoms. The number of fused-ring (bicyclic) bond motifs is 1. The molecule has 0 aromatic rings. The van der Waals surface area contributed by atoms with Gasteiger partial charge in [0.25, 0.3) is 0 Å². The van der Waals surface area contributed by atoms with Crippen LogP contribution >= 0.6 is 11.8 Å². The number of carboxylic acid groups (broad SMARTS) is 1. The van der Waals surface area contributed by atoms with Gasteiger partial charge in [-0.3, -0.25) is 4.79 Å². The van der Waals surface area contributed by atoms with Crippen LogP contribution in [0, 0.1) is 35.0 Å². The van der Waals surface area contributed by atoms with Gasteiger partial charge in [0.05, 0.1) is 30.7 Å². The van der Waals surface area contributed by atoms with E-state index in [0.29, 0.717) is 35.7 Å². The van der Waals surface area contributed by atoms with Crippen LogP contribution < -0.4 is 0 Å². The van der Waals surface area contributed by atoms with Gasteiger partial charge in [-0.05, 0) is 79.8 Å². The number of ether oxygens (including phenoxy) is 1. The second kappa shape index (κ2) is 11.7. The van der Waals surface area contributed by atoms with Gasteiger partial charge in [0.2, 0.25) is 0 Å². The van der Waals surface area contributed by atoms with Gasteiger partial charge in [-0.2, -0.15) is 11.8 Å². The standard InChI is InChI=1S/C26H44O5S/c1-17(2)26(3)9-4-5-21(14-26)31-15-20(27)6-7-22-23-12-18(8-10-32-16-25(29)30)11-19(23)13-24(22)28/h6-7,17-24,27-28H,4-5,8-16H2,1-3H3,(H,29,30)/t18?,19-,20?,21+,22-,23-,24-,26+/m1/s1. The largest absolute Gasteiger partial charge is 0.481 e. The minimum absolute atomic E-state index is 0.116. The minimum Gasteiger partial charge on any atom is -0.481 e. The van der Waals surface area contributed by atoms with Gasteiger partial charge in [0, 0.05) is 5.92 Å². The summed E-state index contributed by atoms with van der Waals surface area (Å²) in [7, 11) is 0. The number of carboxylic acids is 1. The Morgan fingerprint density at radius 1 is 1.28 bits per heavy atom. The third kappa shape index (κ3) is 6.97. The maximum absolute atomic E-state index is 10.7. The zero-order chi connectivity index (χ0) is 23.3. The summed E-state index contributed by atoms with van der Waals surface area (Å²) in [5.41, 5.74) is 0.331. The topological polar surface area (TPSA) is 87.0 Å². The Morgan fingerprint density at radius 2 is 2.06 bits per heavy atom. The molecule has 32 heavy (non-hydrogen) atoms. The molecule has 0 saturated heterocycles. The highest BCUT2D eigenvalue weighted by atomic mass is 32.2. The number of carbonyl (C=O) groups is 1. The Bertz CT molecular complexity index is 638. The van der Waals surface area contributed by atoms with Crippen LogP contribution in [0.15, 0.2) is 12.2 Å². The Kier molecular flexibility index (Phi) is 9.54. The molecule has 0 aromatic heterocycles. The summed E-state index contributed by atoms with van der Waals surface area (Å²) in [6, 6.07) is 0. The van der Waals surface area contributed by atoms with Crippen molar-refractivity contribution in [2.75, 3.05) is 18.1 Å². The molecule has 3 saturated carbocycles. The molecular weight excluding hydrogens is 424 g/mol. The fourth-order valence-electron chi connectivity index (χ4n) is 6.36. The van der Waals surface area contributed by atoms with Crippen LogP contribution in [-0.2, 0) is 9.53 Å². The van der Waals surface area contributed by atoms with E-state index in [0.717, 1.165) is 44.3 Å². The van der Waals surface area contributed by atoms with Crippen LogP contribution in [0.25, 0.3) is 0 Å². The minimum atomic E-state index is -0.744. The van der Waals surface area contributed by atoms with Gasteiger partial charge in [0.15, 0.2) is 0 Å². The maximum atomic E-state index is 10.7. The van der Waals surface area contributed by atoms with Crippen molar-refractivity contribution in [3.63, 3.8) is 0 Å². The lowest BCUT2D eigenvalue weighted by molar-refractivity contribution is -0.133. The van der Waals surface area contributed by atoms with Gasteiger partial charge in [-0.1, -0.05) is 39.3 Å². The Balaban J connectivity index is 1.42. The summed E-state index contributed by atoms with van der Waals surface area (Å²) in [6.07, 6.45) is 11.9. The molecule has 3 fully saturated rings. The summed E-state index contributed by atoms with van der Waals surface area (Å²) >= 11 is 1.50. The smallest absolute Gasteiger partial charge is 0.313 e. The summed E-state index contributed by atoms with van der Waals surface area (Å²) < 4.78 is 6.10. The lowest BCUT2D eigenvalue weighted by atomic mass is 9.67. The van der Waals surface area contributed by atoms with E-state index in [2.05, 4.69) is 20.8 Å². The van der Waals surface area contributed by atoms with E-state index in [4.69, 9.17) is 9.84 Å². The van der Waals surface area contributed by atoms with Crippen molar-refractivity contribution in [2.24, 2.45) is 35.0 Å². The quantitative estimate of drug-likeness (QED) is 0.299. The van der Waals surface area contributed by atoms with Crippen LogP contribution in [0.5, 0.6) is 0 Å². The van der Waals surface area contributed by atoms with Crippen LogP contribution in [0.1, 0.15) is 72.1 Å². The second-order valence-electron chi connectivity index (χ2n) is 11.2. The first-order valence-electron chi connectivity index (χ1n) is 12.6. The number of hydrogen-bond acceptors (Lipinski definition) is 5. The fourth-order valence-corrected chi connectivity index (χ4v) is 7.18. The number of thioether (sulfide) groups is 1. The third-order valence-electron chi connectivity index (χ3n) is 8.65. The Hall–Kier alpha value is -0.560. The lowest BCUT2D eigenvalue weighted by Crippen LogP contribution is -2.35. The number of rotatable bonds is 11. The van der Waals surface area contributed by atoms with Crippen molar-refractivity contribution < 1.29 is 24.9 Å². The number of aliphatic carboxylic acids is 1. The number of aliphatic hydroxyl groups excluding tert-OH is 2. The van der Waals surface area contributed by atoms with E-state index < -0.39 is 12.1 Å². The summed E-state index contributed by atoms with van der Waals surface area (Å²) in [5, 5.41) is 29.9. The Labute approximate surface area is 198 Å². The number of aliphatic hydroxyl groups is 2. The maximum Gasteiger partial charge on any atom is 0.313 e. The molecule has 0 heterocycles. The SMILES string of the molecule is CC(C)[C@@]1(C)CCC[C@H](OCC(O)C=C[C@@H]2[C@@H]3CC(CCSCC(=O)O)C[C@@H]3C[C@H]2O)C1. The molecule has 2 unspecified atom stereocenters. The molecule has 0 aromatic carbocycles. The van der Waals surface area contributed by atoms with Crippen molar-refractivity contribution in [3.05, 3.63) is 12.2 Å². The third-order valence-corrected chi connectivity index (χ3v) is 9.62. The van der Waals surface area contributed by atoms with E-state index in [-0.39, 0.29) is 23.9 Å². The van der Waals surface area contributed by atoms with E-state index in [9.17, 15) is 15.0 Å². The van der Waals surface area contributed by atoms with Gasteiger partial charge in [-0.15, -0.1) is 0 Å². The molecule has 0 radical (unpaired) electrons. The molecule has 0 bridgehead atoms. The zero-order valence-corrected chi connectivity index (χ0v) is 20.9. The summed E-state index contributed by atoms with van der Waals surface area (Å²) in [6.45, 7) is 7.28. The highest BCUT2D eigenvalue weighted by Crippen LogP contribution is 2.51. The first kappa shape index (κ1) is 26.1. The van der Waals surface area contributed by atoms with Crippen molar-refractivity contribution in [1.82, 2.24) is 0 Å². The van der Waals surface area contributed by atoms with Crippen LogP contribution in [0.3, 0.4) is 0 Å².